The van der Waals surface area contributed by atoms with Gasteiger partial charge in [0.25, 0.3) is 0 Å². The third-order valence-electron chi connectivity index (χ3n) is 4.56. The monoisotopic (exact) mass is 291 g/mol. The van der Waals surface area contributed by atoms with E-state index in [9.17, 15) is 9.90 Å². The molecule has 1 aliphatic rings. The number of benzene rings is 1. The fourth-order valence-corrected chi connectivity index (χ4v) is 2.94. The van der Waals surface area contributed by atoms with Crippen LogP contribution in [0.3, 0.4) is 0 Å². The predicted molar refractivity (Wildman–Crippen MR) is 83.3 cm³/mol. The van der Waals surface area contributed by atoms with E-state index in [0.717, 1.165) is 25.2 Å². The molecule has 1 heterocycles. The first kappa shape index (κ1) is 15.9. The smallest absolute Gasteiger partial charge is 0.329 e. The summed E-state index contributed by atoms with van der Waals surface area (Å²) < 4.78 is 0. The third-order valence-corrected chi connectivity index (χ3v) is 4.56. The average molecular weight is 291 g/mol. The van der Waals surface area contributed by atoms with Crippen molar-refractivity contribution in [2.24, 2.45) is 0 Å². The molecule has 5 nitrogen and oxygen atoms in total. The molecule has 0 radical (unpaired) electrons. The normalized spacial score (nSPS) is 23.7. The number of hydrogen-bond acceptors (Lipinski definition) is 4. The molecule has 2 rings (SSSR count). The highest BCUT2D eigenvalue weighted by Crippen LogP contribution is 2.24. The number of nitrogens with one attached hydrogen (secondary N) is 1. The summed E-state index contributed by atoms with van der Waals surface area (Å²) in [5.74, 6) is -0.831. The summed E-state index contributed by atoms with van der Waals surface area (Å²) in [6, 6.07) is 9.88. The average Bonchev–Trinajstić information content (AvgIpc) is 2.49. The summed E-state index contributed by atoms with van der Waals surface area (Å²) in [5, 5.41) is 12.9. The Kier molecular flexibility index (Phi) is 4.98. The molecule has 0 bridgehead atoms. The van der Waals surface area contributed by atoms with Crippen LogP contribution < -0.4 is 5.32 Å². The highest BCUT2D eigenvalue weighted by molar-refractivity contribution is 5.81. The first-order chi connectivity index (χ1) is 9.99. The Labute approximate surface area is 126 Å². The highest BCUT2D eigenvalue weighted by Gasteiger charge is 2.41. The number of aliphatic carboxylic acids is 1. The lowest BCUT2D eigenvalue weighted by Gasteiger charge is -2.42. The van der Waals surface area contributed by atoms with Crippen LogP contribution in [0.4, 0.5) is 0 Å². The van der Waals surface area contributed by atoms with Crippen molar-refractivity contribution in [1.29, 1.82) is 0 Å². The number of carboxylic acid groups (broad SMARTS) is 1. The lowest BCUT2D eigenvalue weighted by Crippen LogP contribution is -2.59. The Morgan fingerprint density at radius 2 is 2.05 bits per heavy atom. The molecule has 116 valence electrons. The molecule has 1 aliphatic heterocycles. The number of carbonyl (C=O) groups is 1. The summed E-state index contributed by atoms with van der Waals surface area (Å²) in [6.07, 6.45) is 0. The van der Waals surface area contributed by atoms with Gasteiger partial charge in [-0.15, -0.1) is 0 Å². The van der Waals surface area contributed by atoms with Crippen molar-refractivity contribution in [3.63, 3.8) is 0 Å². The minimum atomic E-state index is -1.06. The fourth-order valence-electron chi connectivity index (χ4n) is 2.94. The molecule has 0 aliphatic carbocycles. The van der Waals surface area contributed by atoms with Crippen LogP contribution in [0, 0.1) is 0 Å². The van der Waals surface area contributed by atoms with Crippen molar-refractivity contribution in [3.8, 4) is 0 Å². The molecule has 0 amide bonds. The van der Waals surface area contributed by atoms with E-state index >= 15 is 0 Å². The maximum absolute atomic E-state index is 12.0. The molecule has 2 atom stereocenters. The van der Waals surface area contributed by atoms with Gasteiger partial charge in [-0.25, -0.2) is 4.79 Å². The molecule has 0 aromatic heterocycles. The summed E-state index contributed by atoms with van der Waals surface area (Å²) >= 11 is 0. The zero-order chi connectivity index (χ0) is 15.5. The van der Waals surface area contributed by atoms with Crippen LogP contribution in [0.1, 0.15) is 12.5 Å². The molecular formula is C16H25N3O2. The Morgan fingerprint density at radius 1 is 1.38 bits per heavy atom. The maximum Gasteiger partial charge on any atom is 0.329 e. The second-order valence-corrected chi connectivity index (χ2v) is 5.89. The van der Waals surface area contributed by atoms with Crippen molar-refractivity contribution < 1.29 is 9.90 Å². The maximum atomic E-state index is 12.0. The second kappa shape index (κ2) is 6.56. The van der Waals surface area contributed by atoms with E-state index in [1.807, 2.05) is 30.3 Å². The molecule has 1 aromatic carbocycles. The van der Waals surface area contributed by atoms with Crippen LogP contribution in [0.25, 0.3) is 0 Å². The topological polar surface area (TPSA) is 55.8 Å². The van der Waals surface area contributed by atoms with Gasteiger partial charge in [0.1, 0.15) is 0 Å². The summed E-state index contributed by atoms with van der Waals surface area (Å²) in [7, 11) is 3.84. The van der Waals surface area contributed by atoms with Gasteiger partial charge in [0.2, 0.25) is 0 Å². The SMILES string of the molecule is CNC(CN1CCN(C)C(C)C1)(C(=O)O)c1ccccc1. The van der Waals surface area contributed by atoms with Gasteiger partial charge < -0.3 is 15.3 Å². The Hall–Kier alpha value is -1.43. The number of carboxylic acids is 1. The number of piperazine rings is 1. The van der Waals surface area contributed by atoms with Gasteiger partial charge in [0.15, 0.2) is 5.54 Å². The van der Waals surface area contributed by atoms with Gasteiger partial charge in [-0.3, -0.25) is 4.90 Å². The molecular weight excluding hydrogens is 266 g/mol. The van der Waals surface area contributed by atoms with E-state index in [4.69, 9.17) is 0 Å². The molecule has 1 fully saturated rings. The zero-order valence-corrected chi connectivity index (χ0v) is 13.0. The van der Waals surface area contributed by atoms with E-state index < -0.39 is 11.5 Å². The lowest BCUT2D eigenvalue weighted by molar-refractivity contribution is -0.146. The molecule has 1 saturated heterocycles. The van der Waals surface area contributed by atoms with E-state index in [1.54, 1.807) is 7.05 Å². The first-order valence-electron chi connectivity index (χ1n) is 7.40. The van der Waals surface area contributed by atoms with E-state index in [-0.39, 0.29) is 0 Å². The Bertz CT molecular complexity index is 480. The second-order valence-electron chi connectivity index (χ2n) is 5.89. The van der Waals surface area contributed by atoms with Crippen molar-refractivity contribution in [1.82, 2.24) is 15.1 Å². The molecule has 21 heavy (non-hydrogen) atoms. The van der Waals surface area contributed by atoms with Crippen LogP contribution >= 0.6 is 0 Å². The minimum absolute atomic E-state index is 0.442. The van der Waals surface area contributed by atoms with Gasteiger partial charge in [-0.2, -0.15) is 0 Å². The standard InChI is InChI=1S/C16H25N3O2/c1-13-11-19(10-9-18(13)3)12-16(17-2,15(20)21)14-7-5-4-6-8-14/h4-8,13,17H,9-12H2,1-3H3,(H,20,21). The number of likely N-dealkylation sites (N-methyl/N-ethyl adjacent to an activating group) is 2. The zero-order valence-electron chi connectivity index (χ0n) is 13.0. The lowest BCUT2D eigenvalue weighted by atomic mass is 9.89. The summed E-state index contributed by atoms with van der Waals surface area (Å²) in [5.41, 5.74) is -0.261. The fraction of sp³-hybridized carbons (Fsp3) is 0.562. The van der Waals surface area contributed by atoms with Gasteiger partial charge in [-0.1, -0.05) is 30.3 Å². The van der Waals surface area contributed by atoms with Crippen molar-refractivity contribution in [3.05, 3.63) is 35.9 Å². The van der Waals surface area contributed by atoms with Gasteiger partial charge in [0, 0.05) is 32.2 Å². The molecule has 2 N–H and O–H groups in total. The molecule has 1 aromatic rings. The van der Waals surface area contributed by atoms with Crippen LogP contribution in [0.2, 0.25) is 0 Å². The molecule has 0 spiro atoms. The number of nitrogens with zero attached hydrogens (tertiary/aromatic N) is 2. The number of hydrogen-bond donors (Lipinski definition) is 2. The largest absolute Gasteiger partial charge is 0.480 e. The van der Waals surface area contributed by atoms with Crippen molar-refractivity contribution in [2.75, 3.05) is 40.3 Å². The van der Waals surface area contributed by atoms with E-state index in [1.165, 1.54) is 0 Å². The highest BCUT2D eigenvalue weighted by atomic mass is 16.4. The van der Waals surface area contributed by atoms with Gasteiger partial charge in [-0.05, 0) is 26.6 Å². The van der Waals surface area contributed by atoms with Gasteiger partial charge >= 0.3 is 5.97 Å². The molecule has 0 saturated carbocycles. The van der Waals surface area contributed by atoms with Crippen LogP contribution in [0.5, 0.6) is 0 Å². The first-order valence-corrected chi connectivity index (χ1v) is 7.40. The van der Waals surface area contributed by atoms with Crippen LogP contribution in [0.15, 0.2) is 30.3 Å². The van der Waals surface area contributed by atoms with Crippen molar-refractivity contribution >= 4 is 5.97 Å². The van der Waals surface area contributed by atoms with E-state index in [0.29, 0.717) is 12.6 Å². The van der Waals surface area contributed by atoms with Crippen LogP contribution in [-0.4, -0.2) is 67.2 Å². The quantitative estimate of drug-likeness (QED) is 0.841. The summed E-state index contributed by atoms with van der Waals surface area (Å²) in [4.78, 5) is 16.5. The van der Waals surface area contributed by atoms with Crippen molar-refractivity contribution in [2.45, 2.75) is 18.5 Å². The summed E-state index contributed by atoms with van der Waals surface area (Å²) in [6.45, 7) is 5.40. The minimum Gasteiger partial charge on any atom is -0.480 e. The molecule has 5 heteroatoms. The van der Waals surface area contributed by atoms with Gasteiger partial charge in [0.05, 0.1) is 0 Å². The Morgan fingerprint density at radius 3 is 2.57 bits per heavy atom. The van der Waals surface area contributed by atoms with Crippen LogP contribution in [-0.2, 0) is 10.3 Å². The predicted octanol–water partition coefficient (Wildman–Crippen LogP) is 0.822. The molecule has 2 unspecified atom stereocenters. The van der Waals surface area contributed by atoms with E-state index in [2.05, 4.69) is 29.1 Å². The number of rotatable bonds is 5. The third kappa shape index (κ3) is 3.26. The Balaban J connectivity index is 2.23.